The van der Waals surface area contributed by atoms with Crippen LogP contribution in [0.4, 0.5) is 4.79 Å². The van der Waals surface area contributed by atoms with Crippen LogP contribution in [0.15, 0.2) is 24.4 Å². The first-order valence-electron chi connectivity index (χ1n) is 12.2. The highest BCUT2D eigenvalue weighted by atomic mass is 16.6. The Morgan fingerprint density at radius 1 is 1.62 bits per heavy atom. The largest absolute Gasteiger partial charge is 0.447 e. The maximum atomic E-state index is 11.4. The third kappa shape index (κ3) is 3.19. The van der Waals surface area contributed by atoms with Gasteiger partial charge in [0.15, 0.2) is 0 Å². The van der Waals surface area contributed by atoms with Crippen molar-refractivity contribution in [2.45, 2.75) is 18.8 Å². The lowest BCUT2D eigenvalue weighted by Crippen LogP contribution is -2.28. The van der Waals surface area contributed by atoms with Crippen molar-refractivity contribution in [3.05, 3.63) is 35.5 Å². The van der Waals surface area contributed by atoms with Crippen molar-refractivity contribution in [3.8, 4) is 0 Å². The smallest absolute Gasteiger partial charge is 0.407 e. The molecule has 112 valence electrons. The van der Waals surface area contributed by atoms with E-state index in [1.807, 2.05) is 0 Å². The Kier molecular flexibility index (Phi) is 1.55. The van der Waals surface area contributed by atoms with Gasteiger partial charge in [-0.25, -0.2) is 4.79 Å². The Morgan fingerprint density at radius 2 is 2.52 bits per heavy atom. The Hall–Kier alpha value is -2.01. The third-order valence-electron chi connectivity index (χ3n) is 3.00. The molecule has 0 radical (unpaired) electrons. The van der Waals surface area contributed by atoms with E-state index in [1.165, 1.54) is 18.2 Å². The van der Waals surface area contributed by atoms with E-state index in [9.17, 15) is 4.79 Å². The molecule has 0 spiro atoms. The van der Waals surface area contributed by atoms with Crippen molar-refractivity contribution in [2.24, 2.45) is 0 Å². The summed E-state index contributed by atoms with van der Waals surface area (Å²) >= 11 is 0. The lowest BCUT2D eigenvalue weighted by Gasteiger charge is -2.09. The van der Waals surface area contributed by atoms with Gasteiger partial charge in [0.05, 0.1) is 8.76 Å². The summed E-state index contributed by atoms with van der Waals surface area (Å²) in [5.74, 6) is 0. The van der Waals surface area contributed by atoms with Crippen LogP contribution in [0.5, 0.6) is 0 Å². The summed E-state index contributed by atoms with van der Waals surface area (Å²) in [6.45, 7) is -10.1. The quantitative estimate of drug-likeness (QED) is 0.887. The molecule has 5 nitrogen and oxygen atoms in total. The summed E-state index contributed by atoms with van der Waals surface area (Å²) in [6.07, 6.45) is -4.53. The van der Waals surface area contributed by atoms with Gasteiger partial charge in [0.1, 0.15) is 6.61 Å². The molecule has 3 rings (SSSR count). The molecular formula is C16H21N3O2. The van der Waals surface area contributed by atoms with E-state index in [2.05, 4.69) is 15.0 Å². The minimum Gasteiger partial charge on any atom is -0.447 e. The topological polar surface area (TPSA) is 57.4 Å². The normalized spacial score (nSPS) is 32.7. The number of ether oxygens (including phenoxy) is 1. The lowest BCUT2D eigenvalue weighted by atomic mass is 10.0. The average Bonchev–Trinajstić information content (AvgIpc) is 3.11. The fourth-order valence-electron chi connectivity index (χ4n) is 2.06. The summed E-state index contributed by atoms with van der Waals surface area (Å²) in [5, 5.41) is 2.27. The van der Waals surface area contributed by atoms with E-state index in [-0.39, 0.29) is 27.6 Å². The van der Waals surface area contributed by atoms with Crippen LogP contribution >= 0.6 is 0 Å². The molecule has 21 heavy (non-hydrogen) atoms. The van der Waals surface area contributed by atoms with Gasteiger partial charge in [-0.15, -0.1) is 0 Å². The minimum absolute atomic E-state index is 0.0723. The molecule has 1 aliphatic rings. The van der Waals surface area contributed by atoms with Crippen LogP contribution < -0.4 is 5.32 Å². The van der Waals surface area contributed by atoms with Gasteiger partial charge >= 0.3 is 6.09 Å². The zero-order valence-corrected chi connectivity index (χ0v) is 10.9. The Bertz CT molecular complexity index is 1060. The monoisotopic (exact) mass is 299 g/mol. The van der Waals surface area contributed by atoms with Crippen molar-refractivity contribution in [3.63, 3.8) is 0 Å². The molecule has 1 fully saturated rings. The van der Waals surface area contributed by atoms with Gasteiger partial charge in [-0.05, 0) is 50.0 Å². The number of nitrogens with zero attached hydrogens (tertiary/aromatic N) is 1. The number of H-pyrrole nitrogens is 1. The predicted molar refractivity (Wildman–Crippen MR) is 82.5 cm³/mol. The maximum Gasteiger partial charge on any atom is 0.407 e. The van der Waals surface area contributed by atoms with Gasteiger partial charge < -0.3 is 19.9 Å². The second-order valence-electron chi connectivity index (χ2n) is 4.46. The molecule has 1 aliphatic heterocycles. The standard InChI is InChI=1S/C16H21N3O2/c1-19(2)6-5-12-9-17-15-4-3-11(8-14(12)15)7-13-10-21-16(20)18-13/h3-4,8-9,13,17H,5-7,10H2,1-2H3,(H,18,20)/t13-/m0/s1/i1D3,2D3,6D2,7D2,9D,13D. The molecule has 0 unspecified atom stereocenters. The van der Waals surface area contributed by atoms with Crippen LogP contribution in [0.25, 0.3) is 10.9 Å². The van der Waals surface area contributed by atoms with E-state index >= 15 is 0 Å². The second-order valence-corrected chi connectivity index (χ2v) is 4.46. The molecule has 1 amide bonds. The van der Waals surface area contributed by atoms with Crippen LogP contribution in [0.1, 0.15) is 27.6 Å². The number of carbonyl (C=O) groups is 1. The van der Waals surface area contributed by atoms with Crippen LogP contribution in [-0.2, 0) is 17.5 Å². The van der Waals surface area contributed by atoms with Crippen LogP contribution in [0.2, 0.25) is 0 Å². The lowest BCUT2D eigenvalue weighted by molar-refractivity contribution is 0.177. The Morgan fingerprint density at radius 3 is 3.29 bits per heavy atom. The molecule has 0 bridgehead atoms. The van der Waals surface area contributed by atoms with Crippen LogP contribution in [-0.4, -0.2) is 49.1 Å². The SMILES string of the molecule is [2H]c1[nH]c2ccc(C([2H])([2H])[C@@]3([2H])COC(=O)N3)cc2c1CC([2H])([2H])N(C([2H])([2H])[2H])C([2H])([2H])[2H]. The van der Waals surface area contributed by atoms with E-state index in [1.54, 1.807) is 0 Å². The number of alkyl carbamates (subject to hydrolysis) is 1. The molecule has 1 saturated heterocycles. The Labute approximate surface area is 141 Å². The van der Waals surface area contributed by atoms with Crippen molar-refractivity contribution < 1.29 is 26.0 Å². The summed E-state index contributed by atoms with van der Waals surface area (Å²) in [4.78, 5) is 13.9. The number of likely N-dealkylation sites (N-methyl/N-ethyl adjacent to an activating group) is 1. The van der Waals surface area contributed by atoms with Gasteiger partial charge in [-0.1, -0.05) is 6.07 Å². The molecule has 0 saturated carbocycles. The zero-order valence-electron chi connectivity index (χ0n) is 22.9. The number of hydrogen-bond donors (Lipinski definition) is 2. The number of amides is 1. The van der Waals surface area contributed by atoms with Crippen molar-refractivity contribution >= 4 is 17.0 Å². The summed E-state index contributed by atoms with van der Waals surface area (Å²) < 4.78 is 99.3. The van der Waals surface area contributed by atoms with E-state index in [4.69, 9.17) is 16.4 Å². The zero-order chi connectivity index (χ0) is 25.2. The second kappa shape index (κ2) is 5.77. The molecule has 0 aliphatic carbocycles. The first kappa shape index (κ1) is 5.65. The molecule has 1 atom stereocenters. The third-order valence-corrected chi connectivity index (χ3v) is 3.00. The molecular weight excluding hydrogens is 266 g/mol. The van der Waals surface area contributed by atoms with Gasteiger partial charge in [-0.3, -0.25) is 0 Å². The number of aromatic nitrogens is 1. The average molecular weight is 299 g/mol. The Balaban J connectivity index is 2.08. The van der Waals surface area contributed by atoms with E-state index < -0.39 is 52.0 Å². The number of fused-ring (bicyclic) bond motifs is 1. The molecule has 2 heterocycles. The molecule has 2 N–H and O–H groups in total. The molecule has 5 heteroatoms. The molecule has 1 aromatic carbocycles. The maximum absolute atomic E-state index is 11.4. The number of benzene rings is 1. The fraction of sp³-hybridized carbons (Fsp3) is 0.438. The number of hydrogen-bond acceptors (Lipinski definition) is 3. The van der Waals surface area contributed by atoms with Crippen molar-refractivity contribution in [1.29, 1.82) is 0 Å². The van der Waals surface area contributed by atoms with Crippen LogP contribution in [0.3, 0.4) is 0 Å². The number of rotatable bonds is 5. The highest BCUT2D eigenvalue weighted by molar-refractivity contribution is 5.84. The highest BCUT2D eigenvalue weighted by Gasteiger charge is 2.22. The summed E-state index contributed by atoms with van der Waals surface area (Å²) in [5.41, 5.74) is 0.141. The van der Waals surface area contributed by atoms with Gasteiger partial charge in [0.2, 0.25) is 0 Å². The summed E-state index contributed by atoms with van der Waals surface area (Å²) in [7, 11) is 0. The van der Waals surface area contributed by atoms with Crippen molar-refractivity contribution in [1.82, 2.24) is 15.2 Å². The first-order valence-corrected chi connectivity index (χ1v) is 6.17. The summed E-state index contributed by atoms with van der Waals surface area (Å²) in [6, 6.07) is 1.83. The van der Waals surface area contributed by atoms with Gasteiger partial charge in [0, 0.05) is 37.3 Å². The molecule has 2 aromatic rings. The van der Waals surface area contributed by atoms with Gasteiger partial charge in [0.25, 0.3) is 0 Å². The first-order chi connectivity index (χ1) is 14.8. The minimum atomic E-state index is -3.30. The van der Waals surface area contributed by atoms with Crippen LogP contribution in [0, 0.1) is 0 Å². The van der Waals surface area contributed by atoms with Crippen molar-refractivity contribution in [2.75, 3.05) is 27.1 Å². The van der Waals surface area contributed by atoms with E-state index in [0.717, 1.165) is 0 Å². The van der Waals surface area contributed by atoms with Gasteiger partial charge in [-0.2, -0.15) is 0 Å². The molecule has 1 aromatic heterocycles. The predicted octanol–water partition coefficient (Wildman–Crippen LogP) is 1.92. The number of cyclic esters (lactones) is 1. The number of carbonyl (C=O) groups excluding carboxylic acids is 1. The fourth-order valence-corrected chi connectivity index (χ4v) is 2.06. The van der Waals surface area contributed by atoms with E-state index in [0.29, 0.717) is 5.52 Å². The number of nitrogens with one attached hydrogen (secondary N) is 2. The highest BCUT2D eigenvalue weighted by Crippen LogP contribution is 2.21. The number of aromatic amines is 1. The number of aryl methyl sites for hydroxylation is 1.